The Morgan fingerprint density at radius 1 is 0.857 bits per heavy atom. The summed E-state index contributed by atoms with van der Waals surface area (Å²) in [5, 5.41) is 16.0. The Bertz CT molecular complexity index is 1400. The lowest BCUT2D eigenvalue weighted by Gasteiger charge is -2.13. The van der Waals surface area contributed by atoms with Crippen LogP contribution in [0.1, 0.15) is 0 Å². The first-order chi connectivity index (χ1) is 13.6. The fourth-order valence-corrected chi connectivity index (χ4v) is 4.48. The number of aromatic nitrogens is 1. The number of aryl methyl sites for hydroxylation is 1. The standard InChI is InChI=1S/C23H15ClN2O2/c1-25-19-9-5-4-8-18(19)21-20(14-10-12-15(13-11-14)26(27)28)22(24)16-6-2-3-7-17(16)23(21)25/h2-13H,1H3. The van der Waals surface area contributed by atoms with Gasteiger partial charge in [-0.1, -0.05) is 54.1 Å². The van der Waals surface area contributed by atoms with Gasteiger partial charge in [-0.05, 0) is 23.8 Å². The number of nitro groups is 1. The summed E-state index contributed by atoms with van der Waals surface area (Å²) in [6, 6.07) is 22.9. The maximum absolute atomic E-state index is 11.1. The molecule has 5 rings (SSSR count). The summed E-state index contributed by atoms with van der Waals surface area (Å²) in [4.78, 5) is 10.7. The van der Waals surface area contributed by atoms with Crippen LogP contribution in [-0.4, -0.2) is 9.49 Å². The molecule has 28 heavy (non-hydrogen) atoms. The second kappa shape index (κ2) is 6.08. The van der Waals surface area contributed by atoms with E-state index in [2.05, 4.69) is 29.8 Å². The molecule has 0 atom stereocenters. The zero-order chi connectivity index (χ0) is 19.4. The number of rotatable bonds is 2. The number of hydrogen-bond acceptors (Lipinski definition) is 2. The SMILES string of the molecule is Cn1c2ccccc2c2c(-c3ccc([N+](=O)[O-])cc3)c(Cl)c3ccccc3c21. The first-order valence-corrected chi connectivity index (χ1v) is 9.28. The second-order valence-electron chi connectivity index (χ2n) is 6.84. The summed E-state index contributed by atoms with van der Waals surface area (Å²) in [5.41, 5.74) is 4.06. The molecule has 0 radical (unpaired) electrons. The van der Waals surface area contributed by atoms with Crippen molar-refractivity contribution in [1.29, 1.82) is 0 Å². The van der Waals surface area contributed by atoms with Crippen LogP contribution in [0.3, 0.4) is 0 Å². The van der Waals surface area contributed by atoms with E-state index in [4.69, 9.17) is 11.6 Å². The summed E-state index contributed by atoms with van der Waals surface area (Å²) < 4.78 is 2.19. The van der Waals surface area contributed by atoms with Gasteiger partial charge in [-0.3, -0.25) is 10.1 Å². The van der Waals surface area contributed by atoms with E-state index in [9.17, 15) is 10.1 Å². The molecule has 5 heteroatoms. The molecule has 0 saturated heterocycles. The van der Waals surface area contributed by atoms with E-state index >= 15 is 0 Å². The zero-order valence-electron chi connectivity index (χ0n) is 15.0. The van der Waals surface area contributed by atoms with Gasteiger partial charge in [-0.2, -0.15) is 0 Å². The molecular formula is C23H15ClN2O2. The fraction of sp³-hybridized carbons (Fsp3) is 0.0435. The van der Waals surface area contributed by atoms with E-state index < -0.39 is 0 Å². The number of fused-ring (bicyclic) bond motifs is 5. The van der Waals surface area contributed by atoms with Crippen molar-refractivity contribution in [2.45, 2.75) is 0 Å². The molecule has 0 aliphatic carbocycles. The van der Waals surface area contributed by atoms with Crippen LogP contribution < -0.4 is 0 Å². The monoisotopic (exact) mass is 386 g/mol. The number of benzene rings is 4. The lowest BCUT2D eigenvalue weighted by molar-refractivity contribution is -0.384. The predicted molar refractivity (Wildman–Crippen MR) is 115 cm³/mol. The molecule has 5 aromatic rings. The molecule has 1 heterocycles. The second-order valence-corrected chi connectivity index (χ2v) is 7.22. The Morgan fingerprint density at radius 3 is 2.14 bits per heavy atom. The smallest absolute Gasteiger partial charge is 0.269 e. The highest BCUT2D eigenvalue weighted by Gasteiger charge is 2.20. The summed E-state index contributed by atoms with van der Waals surface area (Å²) in [5.74, 6) is 0. The highest BCUT2D eigenvalue weighted by Crippen LogP contribution is 2.45. The van der Waals surface area contributed by atoms with Gasteiger partial charge in [0.05, 0.1) is 15.5 Å². The van der Waals surface area contributed by atoms with Gasteiger partial charge in [0.1, 0.15) is 0 Å². The van der Waals surface area contributed by atoms with Crippen molar-refractivity contribution in [2.24, 2.45) is 7.05 Å². The topological polar surface area (TPSA) is 48.1 Å². The fourth-order valence-electron chi connectivity index (χ4n) is 4.11. The number of hydrogen-bond donors (Lipinski definition) is 0. The third kappa shape index (κ3) is 2.25. The molecule has 0 bridgehead atoms. The van der Waals surface area contributed by atoms with Gasteiger partial charge in [0.25, 0.3) is 5.69 Å². The molecule has 0 N–H and O–H groups in total. The van der Waals surface area contributed by atoms with Crippen LogP contribution in [-0.2, 0) is 7.05 Å². The highest BCUT2D eigenvalue weighted by molar-refractivity contribution is 6.43. The average molecular weight is 387 g/mol. The molecule has 0 aliphatic rings. The van der Waals surface area contributed by atoms with Crippen molar-refractivity contribution >= 4 is 49.9 Å². The van der Waals surface area contributed by atoms with Crippen molar-refractivity contribution in [1.82, 2.24) is 4.57 Å². The third-order valence-corrected chi connectivity index (χ3v) is 5.75. The Kier molecular flexibility index (Phi) is 3.64. The van der Waals surface area contributed by atoms with Gasteiger partial charge in [0.2, 0.25) is 0 Å². The lowest BCUT2D eigenvalue weighted by atomic mass is 9.95. The number of halogens is 1. The van der Waals surface area contributed by atoms with Gasteiger partial charge in [-0.25, -0.2) is 0 Å². The minimum atomic E-state index is -0.390. The van der Waals surface area contributed by atoms with Gasteiger partial charge in [0.15, 0.2) is 0 Å². The number of para-hydroxylation sites is 1. The van der Waals surface area contributed by atoms with E-state index in [1.807, 2.05) is 30.3 Å². The summed E-state index contributed by atoms with van der Waals surface area (Å²) in [6.07, 6.45) is 0. The minimum absolute atomic E-state index is 0.0647. The maximum Gasteiger partial charge on any atom is 0.269 e. The first kappa shape index (κ1) is 16.8. The third-order valence-electron chi connectivity index (χ3n) is 5.36. The van der Waals surface area contributed by atoms with Gasteiger partial charge >= 0.3 is 0 Å². The molecule has 1 aromatic heterocycles. The predicted octanol–water partition coefficient (Wildman–Crippen LogP) is 6.71. The Balaban J connectivity index is 2.01. The van der Waals surface area contributed by atoms with Crippen LogP contribution >= 0.6 is 11.6 Å². The van der Waals surface area contributed by atoms with Crippen LogP contribution in [0.25, 0.3) is 43.7 Å². The summed E-state index contributed by atoms with van der Waals surface area (Å²) in [6.45, 7) is 0. The molecule has 0 saturated carbocycles. The Hall–Kier alpha value is -3.37. The Labute approximate surface area is 165 Å². The molecular weight excluding hydrogens is 372 g/mol. The zero-order valence-corrected chi connectivity index (χ0v) is 15.8. The Morgan fingerprint density at radius 2 is 1.46 bits per heavy atom. The van der Waals surface area contributed by atoms with Crippen LogP contribution in [0.5, 0.6) is 0 Å². The van der Waals surface area contributed by atoms with Gasteiger partial charge in [-0.15, -0.1) is 0 Å². The van der Waals surface area contributed by atoms with Crippen LogP contribution in [0.15, 0.2) is 72.8 Å². The van der Waals surface area contributed by atoms with E-state index in [0.717, 1.165) is 43.7 Å². The van der Waals surface area contributed by atoms with E-state index in [-0.39, 0.29) is 10.6 Å². The van der Waals surface area contributed by atoms with Gasteiger partial charge in [0, 0.05) is 51.8 Å². The normalized spacial score (nSPS) is 11.5. The molecule has 0 fully saturated rings. The van der Waals surface area contributed by atoms with Crippen LogP contribution in [0.2, 0.25) is 5.02 Å². The first-order valence-electron chi connectivity index (χ1n) is 8.90. The van der Waals surface area contributed by atoms with E-state index in [1.54, 1.807) is 12.1 Å². The van der Waals surface area contributed by atoms with Crippen molar-refractivity contribution in [2.75, 3.05) is 0 Å². The lowest BCUT2D eigenvalue weighted by Crippen LogP contribution is -1.91. The van der Waals surface area contributed by atoms with Crippen LogP contribution in [0, 0.1) is 10.1 Å². The van der Waals surface area contributed by atoms with E-state index in [1.165, 1.54) is 12.1 Å². The molecule has 4 nitrogen and oxygen atoms in total. The largest absolute Gasteiger partial charge is 0.343 e. The molecule has 136 valence electrons. The summed E-state index contributed by atoms with van der Waals surface area (Å²) in [7, 11) is 2.06. The van der Waals surface area contributed by atoms with Crippen molar-refractivity contribution in [3.05, 3.63) is 87.9 Å². The number of non-ortho nitro benzene ring substituents is 1. The minimum Gasteiger partial charge on any atom is -0.343 e. The van der Waals surface area contributed by atoms with Crippen molar-refractivity contribution in [3.63, 3.8) is 0 Å². The number of nitro benzene ring substituents is 1. The highest BCUT2D eigenvalue weighted by atomic mass is 35.5. The quantitative estimate of drug-likeness (QED) is 0.250. The van der Waals surface area contributed by atoms with Gasteiger partial charge < -0.3 is 4.57 Å². The summed E-state index contributed by atoms with van der Waals surface area (Å²) >= 11 is 6.92. The van der Waals surface area contributed by atoms with Crippen molar-refractivity contribution in [3.8, 4) is 11.1 Å². The van der Waals surface area contributed by atoms with Crippen molar-refractivity contribution < 1.29 is 4.92 Å². The number of nitrogens with zero attached hydrogens (tertiary/aromatic N) is 2. The average Bonchev–Trinajstić information content (AvgIpc) is 3.02. The molecule has 0 unspecified atom stereocenters. The van der Waals surface area contributed by atoms with E-state index in [0.29, 0.717) is 5.02 Å². The molecule has 0 aliphatic heterocycles. The molecule has 0 spiro atoms. The van der Waals surface area contributed by atoms with Crippen LogP contribution in [0.4, 0.5) is 5.69 Å². The maximum atomic E-state index is 11.1. The molecule has 4 aromatic carbocycles. The molecule has 0 amide bonds.